The van der Waals surface area contributed by atoms with E-state index in [9.17, 15) is 8.78 Å². The van der Waals surface area contributed by atoms with Crippen LogP contribution in [0.2, 0.25) is 0 Å². The second-order valence-electron chi connectivity index (χ2n) is 8.40. The van der Waals surface area contributed by atoms with Gasteiger partial charge in [0.2, 0.25) is 0 Å². The molecule has 0 spiro atoms. The van der Waals surface area contributed by atoms with Crippen LogP contribution in [-0.4, -0.2) is 56.7 Å². The van der Waals surface area contributed by atoms with E-state index in [0.29, 0.717) is 19.0 Å². The van der Waals surface area contributed by atoms with Crippen LogP contribution in [0.4, 0.5) is 14.5 Å². The van der Waals surface area contributed by atoms with Crippen LogP contribution in [-0.2, 0) is 6.54 Å². The van der Waals surface area contributed by atoms with Crippen molar-refractivity contribution in [3.63, 3.8) is 0 Å². The Balaban J connectivity index is 1.20. The summed E-state index contributed by atoms with van der Waals surface area (Å²) in [5.74, 6) is 0.384. The maximum atomic E-state index is 14.1. The van der Waals surface area contributed by atoms with Gasteiger partial charge in [0.15, 0.2) is 5.96 Å². The number of aliphatic imine (C=N–C) groups is 1. The smallest absolute Gasteiger partial charge is 0.191 e. The molecule has 8 heteroatoms. The van der Waals surface area contributed by atoms with E-state index < -0.39 is 11.6 Å². The number of nitrogens with zero attached hydrogens (tertiary/aromatic N) is 3. The third-order valence-corrected chi connectivity index (χ3v) is 7.09. The van der Waals surface area contributed by atoms with Gasteiger partial charge in [-0.3, -0.25) is 9.89 Å². The summed E-state index contributed by atoms with van der Waals surface area (Å²) < 4.78 is 28.2. The molecule has 2 aromatic rings. The molecule has 1 aromatic carbocycles. The molecule has 5 nitrogen and oxygen atoms in total. The van der Waals surface area contributed by atoms with Crippen LogP contribution in [0.1, 0.15) is 24.1 Å². The van der Waals surface area contributed by atoms with Crippen molar-refractivity contribution in [3.8, 4) is 0 Å². The average molecular weight is 448 g/mol. The Morgan fingerprint density at radius 2 is 1.87 bits per heavy atom. The number of guanidine groups is 1. The standard InChI is InChI=1S/C23H31F2N5S/c1-26-23(27-14-17-7-10-29(11-8-17)16-19-4-3-13-31-19)28-18-9-12-30(15-18)22-20(24)5-2-6-21(22)25/h2-6,13,17-18H,7-12,14-16H2,1H3,(H2,26,27,28). The molecular weight excluding hydrogens is 416 g/mol. The van der Waals surface area contributed by atoms with Gasteiger partial charge < -0.3 is 15.5 Å². The summed E-state index contributed by atoms with van der Waals surface area (Å²) in [4.78, 5) is 10.1. The monoisotopic (exact) mass is 447 g/mol. The van der Waals surface area contributed by atoms with Crippen LogP contribution in [0, 0.1) is 17.6 Å². The minimum Gasteiger partial charge on any atom is -0.365 e. The number of piperidine rings is 1. The average Bonchev–Trinajstić information content (AvgIpc) is 3.44. The lowest BCUT2D eigenvalue weighted by Crippen LogP contribution is -2.47. The number of halogens is 2. The SMILES string of the molecule is CN=C(NCC1CCN(Cc2cccs2)CC1)NC1CCN(c2c(F)cccc2F)C1. The summed E-state index contributed by atoms with van der Waals surface area (Å²) >= 11 is 1.83. The fraction of sp³-hybridized carbons (Fsp3) is 0.522. The van der Waals surface area contributed by atoms with E-state index in [2.05, 4.69) is 38.0 Å². The zero-order valence-electron chi connectivity index (χ0n) is 18.0. The van der Waals surface area contributed by atoms with Crippen molar-refractivity contribution in [1.29, 1.82) is 0 Å². The van der Waals surface area contributed by atoms with Crippen molar-refractivity contribution in [2.24, 2.45) is 10.9 Å². The van der Waals surface area contributed by atoms with Crippen molar-refractivity contribution in [1.82, 2.24) is 15.5 Å². The molecule has 2 saturated heterocycles. The molecule has 3 heterocycles. The van der Waals surface area contributed by atoms with Gasteiger partial charge in [0.1, 0.15) is 17.3 Å². The summed E-state index contributed by atoms with van der Waals surface area (Å²) in [7, 11) is 1.77. The van der Waals surface area contributed by atoms with E-state index in [1.54, 1.807) is 11.9 Å². The van der Waals surface area contributed by atoms with Crippen LogP contribution < -0.4 is 15.5 Å². The molecule has 0 saturated carbocycles. The lowest BCUT2D eigenvalue weighted by molar-refractivity contribution is 0.179. The Morgan fingerprint density at radius 3 is 2.55 bits per heavy atom. The normalized spacial score (nSPS) is 20.9. The van der Waals surface area contributed by atoms with E-state index in [0.717, 1.165) is 38.6 Å². The molecule has 2 aliphatic heterocycles. The van der Waals surface area contributed by atoms with Crippen molar-refractivity contribution < 1.29 is 8.78 Å². The van der Waals surface area contributed by atoms with Crippen LogP contribution >= 0.6 is 11.3 Å². The largest absolute Gasteiger partial charge is 0.365 e. The molecule has 0 radical (unpaired) electrons. The first-order chi connectivity index (χ1) is 15.1. The lowest BCUT2D eigenvalue weighted by Gasteiger charge is -2.32. The molecular formula is C23H31F2N5S. The third-order valence-electron chi connectivity index (χ3n) is 6.23. The summed E-state index contributed by atoms with van der Waals surface area (Å²) in [5.41, 5.74) is 0.0732. The minimum atomic E-state index is -0.506. The predicted octanol–water partition coefficient (Wildman–Crippen LogP) is 3.68. The molecule has 2 aliphatic rings. The molecule has 0 bridgehead atoms. The maximum Gasteiger partial charge on any atom is 0.191 e. The fourth-order valence-electron chi connectivity index (χ4n) is 4.47. The molecule has 1 atom stereocenters. The second kappa shape index (κ2) is 10.4. The molecule has 1 unspecified atom stereocenters. The fourth-order valence-corrected chi connectivity index (χ4v) is 5.22. The van der Waals surface area contributed by atoms with Crippen molar-refractivity contribution >= 4 is 23.0 Å². The van der Waals surface area contributed by atoms with Crippen molar-refractivity contribution in [2.45, 2.75) is 31.8 Å². The van der Waals surface area contributed by atoms with Gasteiger partial charge in [-0.25, -0.2) is 8.78 Å². The van der Waals surface area contributed by atoms with Gasteiger partial charge in [0.25, 0.3) is 0 Å². The highest BCUT2D eigenvalue weighted by molar-refractivity contribution is 7.09. The Morgan fingerprint density at radius 1 is 1.10 bits per heavy atom. The highest BCUT2D eigenvalue weighted by atomic mass is 32.1. The van der Waals surface area contributed by atoms with E-state index in [1.807, 2.05) is 11.3 Å². The van der Waals surface area contributed by atoms with E-state index >= 15 is 0 Å². The third kappa shape index (κ3) is 5.74. The highest BCUT2D eigenvalue weighted by Gasteiger charge is 2.27. The summed E-state index contributed by atoms with van der Waals surface area (Å²) in [6, 6.07) is 8.46. The number of rotatable bonds is 6. The van der Waals surface area contributed by atoms with Gasteiger partial charge in [-0.1, -0.05) is 12.1 Å². The first-order valence-electron chi connectivity index (χ1n) is 11.0. The van der Waals surface area contributed by atoms with E-state index in [1.165, 1.54) is 35.9 Å². The first kappa shape index (κ1) is 22.0. The topological polar surface area (TPSA) is 42.9 Å². The number of para-hydroxylation sites is 1. The zero-order valence-corrected chi connectivity index (χ0v) is 18.8. The Labute approximate surface area is 187 Å². The van der Waals surface area contributed by atoms with Gasteiger partial charge in [-0.15, -0.1) is 11.3 Å². The Kier molecular flexibility index (Phi) is 7.40. The van der Waals surface area contributed by atoms with Gasteiger partial charge in [0, 0.05) is 44.1 Å². The maximum absolute atomic E-state index is 14.1. The van der Waals surface area contributed by atoms with Gasteiger partial charge in [0.05, 0.1) is 0 Å². The Hall–Kier alpha value is -2.19. The number of nitrogens with one attached hydrogen (secondary N) is 2. The van der Waals surface area contributed by atoms with Crippen LogP contribution in [0.5, 0.6) is 0 Å². The number of hydrogen-bond acceptors (Lipinski definition) is 4. The van der Waals surface area contributed by atoms with Crippen molar-refractivity contribution in [2.75, 3.05) is 44.7 Å². The van der Waals surface area contributed by atoms with Crippen molar-refractivity contribution in [3.05, 3.63) is 52.2 Å². The van der Waals surface area contributed by atoms with E-state index in [-0.39, 0.29) is 11.7 Å². The molecule has 2 fully saturated rings. The molecule has 168 valence electrons. The van der Waals surface area contributed by atoms with Crippen LogP contribution in [0.3, 0.4) is 0 Å². The first-order valence-corrected chi connectivity index (χ1v) is 11.9. The molecule has 0 aliphatic carbocycles. The highest BCUT2D eigenvalue weighted by Crippen LogP contribution is 2.26. The summed E-state index contributed by atoms with van der Waals surface area (Å²) in [6.45, 7) is 5.38. The molecule has 4 rings (SSSR count). The summed E-state index contributed by atoms with van der Waals surface area (Å²) in [5, 5.41) is 9.03. The molecule has 2 N–H and O–H groups in total. The molecule has 1 aromatic heterocycles. The number of anilines is 1. The lowest BCUT2D eigenvalue weighted by atomic mass is 9.97. The van der Waals surface area contributed by atoms with Crippen LogP contribution in [0.15, 0.2) is 40.7 Å². The molecule has 0 amide bonds. The number of benzene rings is 1. The quantitative estimate of drug-likeness (QED) is 0.524. The minimum absolute atomic E-state index is 0.0732. The van der Waals surface area contributed by atoms with Gasteiger partial charge in [-0.2, -0.15) is 0 Å². The predicted molar refractivity (Wildman–Crippen MR) is 124 cm³/mol. The second-order valence-corrected chi connectivity index (χ2v) is 9.43. The van der Waals surface area contributed by atoms with Gasteiger partial charge in [-0.05, 0) is 61.8 Å². The zero-order chi connectivity index (χ0) is 21.6. The Bertz CT molecular complexity index is 845. The van der Waals surface area contributed by atoms with Gasteiger partial charge >= 0.3 is 0 Å². The summed E-state index contributed by atoms with van der Waals surface area (Å²) in [6.07, 6.45) is 3.17. The molecule has 31 heavy (non-hydrogen) atoms. The number of likely N-dealkylation sites (tertiary alicyclic amines) is 1. The van der Waals surface area contributed by atoms with Crippen LogP contribution in [0.25, 0.3) is 0 Å². The van der Waals surface area contributed by atoms with E-state index in [4.69, 9.17) is 0 Å². The number of hydrogen-bond donors (Lipinski definition) is 2. The number of thiophene rings is 1.